The molecule has 0 aromatic carbocycles. The Morgan fingerprint density at radius 1 is 1.37 bits per heavy atom. The lowest BCUT2D eigenvalue weighted by atomic mass is 9.62. The van der Waals surface area contributed by atoms with E-state index in [-0.39, 0.29) is 29.9 Å². The van der Waals surface area contributed by atoms with Crippen LogP contribution in [0.1, 0.15) is 39.5 Å². The summed E-state index contributed by atoms with van der Waals surface area (Å²) in [4.78, 5) is 23.9. The third-order valence-corrected chi connectivity index (χ3v) is 5.05. The van der Waals surface area contributed by atoms with Crippen molar-refractivity contribution in [2.45, 2.75) is 51.2 Å². The van der Waals surface area contributed by atoms with Crippen LogP contribution in [0.4, 0.5) is 0 Å². The van der Waals surface area contributed by atoms with Crippen molar-refractivity contribution < 1.29 is 19.1 Å². The zero-order valence-corrected chi connectivity index (χ0v) is 11.5. The van der Waals surface area contributed by atoms with Crippen molar-refractivity contribution in [3.8, 4) is 0 Å². The average molecular weight is 264 g/mol. The highest BCUT2D eigenvalue weighted by Gasteiger charge is 2.58. The molecule has 4 rings (SSSR count). The Morgan fingerprint density at radius 2 is 2.11 bits per heavy atom. The van der Waals surface area contributed by atoms with E-state index in [0.29, 0.717) is 11.5 Å². The van der Waals surface area contributed by atoms with Gasteiger partial charge in [-0.3, -0.25) is 4.79 Å². The van der Waals surface area contributed by atoms with Gasteiger partial charge in [0.1, 0.15) is 11.7 Å². The summed E-state index contributed by atoms with van der Waals surface area (Å²) in [5.41, 5.74) is -0.294. The first-order chi connectivity index (χ1) is 8.90. The monoisotopic (exact) mass is 264 g/mol. The summed E-state index contributed by atoms with van der Waals surface area (Å²) in [6, 6.07) is 0. The van der Waals surface area contributed by atoms with Gasteiger partial charge in [0.15, 0.2) is 0 Å². The van der Waals surface area contributed by atoms with Crippen molar-refractivity contribution in [2.24, 2.45) is 17.8 Å². The fraction of sp³-hybridized carbons (Fsp3) is 0.733. The van der Waals surface area contributed by atoms with Gasteiger partial charge in [-0.1, -0.05) is 6.58 Å². The second kappa shape index (κ2) is 4.09. The molecule has 2 heterocycles. The molecule has 2 saturated heterocycles. The summed E-state index contributed by atoms with van der Waals surface area (Å²) in [5.74, 6) is 0.277. The molecule has 0 N–H and O–H groups in total. The van der Waals surface area contributed by atoms with Crippen molar-refractivity contribution in [1.29, 1.82) is 0 Å². The van der Waals surface area contributed by atoms with E-state index in [4.69, 9.17) is 9.47 Å². The minimum atomic E-state index is -0.683. The molecule has 2 saturated carbocycles. The van der Waals surface area contributed by atoms with Gasteiger partial charge in [0.25, 0.3) is 0 Å². The summed E-state index contributed by atoms with van der Waals surface area (Å²) in [5, 5.41) is 0. The maximum atomic E-state index is 12.0. The first-order valence-electron chi connectivity index (χ1n) is 6.99. The fourth-order valence-electron chi connectivity index (χ4n) is 3.93. The third kappa shape index (κ3) is 1.88. The van der Waals surface area contributed by atoms with Gasteiger partial charge in [-0.15, -0.1) is 0 Å². The highest BCUT2D eigenvalue weighted by Crippen LogP contribution is 2.53. The molecule has 0 aromatic rings. The van der Waals surface area contributed by atoms with Crippen LogP contribution < -0.4 is 0 Å². The van der Waals surface area contributed by atoms with Crippen LogP contribution in [-0.2, 0) is 19.1 Å². The van der Waals surface area contributed by atoms with E-state index in [2.05, 4.69) is 6.58 Å². The van der Waals surface area contributed by atoms with Crippen molar-refractivity contribution >= 4 is 11.9 Å². The molecule has 0 aromatic heterocycles. The largest absolute Gasteiger partial charge is 0.458 e. The predicted octanol–water partition coefficient (Wildman–Crippen LogP) is 2.23. The van der Waals surface area contributed by atoms with E-state index >= 15 is 0 Å². The summed E-state index contributed by atoms with van der Waals surface area (Å²) < 4.78 is 11.3. The average Bonchev–Trinajstić information content (AvgIpc) is 2.49. The molecule has 4 aliphatic rings. The lowest BCUT2D eigenvalue weighted by Crippen LogP contribution is -2.55. The van der Waals surface area contributed by atoms with Crippen molar-refractivity contribution in [1.82, 2.24) is 0 Å². The van der Waals surface area contributed by atoms with Crippen molar-refractivity contribution in [2.75, 3.05) is 0 Å². The lowest BCUT2D eigenvalue weighted by molar-refractivity contribution is -0.194. The van der Waals surface area contributed by atoms with Crippen LogP contribution in [0.2, 0.25) is 0 Å². The standard InChI is InChI=1S/C15H20O4/c1-8(2)13(16)19-15(3)11-5-9-4-10(7-11)14(17)18-12(15)6-9/h9-12H,1,4-7H2,2-3H3. The molecule has 4 heteroatoms. The molecule has 0 spiro atoms. The van der Waals surface area contributed by atoms with Crippen molar-refractivity contribution in [3.63, 3.8) is 0 Å². The maximum absolute atomic E-state index is 12.0. The highest BCUT2D eigenvalue weighted by molar-refractivity contribution is 5.87. The van der Waals surface area contributed by atoms with E-state index in [9.17, 15) is 9.59 Å². The minimum Gasteiger partial charge on any atom is -0.458 e. The van der Waals surface area contributed by atoms with Crippen LogP contribution >= 0.6 is 0 Å². The molecular formula is C15H20O4. The molecule has 2 aliphatic carbocycles. The van der Waals surface area contributed by atoms with Crippen LogP contribution in [0.15, 0.2) is 12.2 Å². The first kappa shape index (κ1) is 12.7. The molecular weight excluding hydrogens is 244 g/mol. The van der Waals surface area contributed by atoms with Gasteiger partial charge in [0, 0.05) is 11.5 Å². The van der Waals surface area contributed by atoms with E-state index in [1.165, 1.54) is 0 Å². The Morgan fingerprint density at radius 3 is 2.79 bits per heavy atom. The topological polar surface area (TPSA) is 52.6 Å². The molecule has 104 valence electrons. The Hall–Kier alpha value is -1.32. The van der Waals surface area contributed by atoms with E-state index in [1.54, 1.807) is 6.92 Å². The van der Waals surface area contributed by atoms with E-state index in [1.807, 2.05) is 6.92 Å². The van der Waals surface area contributed by atoms with Crippen LogP contribution in [0.3, 0.4) is 0 Å². The summed E-state index contributed by atoms with van der Waals surface area (Å²) in [6.45, 7) is 7.18. The zero-order valence-electron chi connectivity index (χ0n) is 11.5. The summed E-state index contributed by atoms with van der Waals surface area (Å²) >= 11 is 0. The smallest absolute Gasteiger partial charge is 0.333 e. The van der Waals surface area contributed by atoms with Crippen LogP contribution in [0.5, 0.6) is 0 Å². The second-order valence-electron chi connectivity index (χ2n) is 6.48. The van der Waals surface area contributed by atoms with E-state index < -0.39 is 5.60 Å². The summed E-state index contributed by atoms with van der Waals surface area (Å²) in [7, 11) is 0. The van der Waals surface area contributed by atoms with Gasteiger partial charge in [0.05, 0.1) is 5.92 Å². The van der Waals surface area contributed by atoms with Crippen molar-refractivity contribution in [3.05, 3.63) is 12.2 Å². The Labute approximate surface area is 113 Å². The molecule has 4 nitrogen and oxygen atoms in total. The maximum Gasteiger partial charge on any atom is 0.333 e. The number of rotatable bonds is 2. The van der Waals surface area contributed by atoms with Gasteiger partial charge < -0.3 is 9.47 Å². The number of carbonyl (C=O) groups excluding carboxylic acids is 2. The van der Waals surface area contributed by atoms with Gasteiger partial charge in [-0.2, -0.15) is 0 Å². The number of fused-ring (bicyclic) bond motifs is 1. The van der Waals surface area contributed by atoms with Crippen LogP contribution in [0.25, 0.3) is 0 Å². The molecule has 19 heavy (non-hydrogen) atoms. The Kier molecular flexibility index (Phi) is 2.73. The number of carbonyl (C=O) groups is 2. The zero-order chi connectivity index (χ0) is 13.8. The third-order valence-electron chi connectivity index (χ3n) is 5.05. The molecule has 2 aliphatic heterocycles. The lowest BCUT2D eigenvalue weighted by Gasteiger charge is -2.48. The van der Waals surface area contributed by atoms with Crippen LogP contribution in [-0.4, -0.2) is 23.6 Å². The number of ether oxygens (including phenoxy) is 2. The molecule has 0 amide bonds. The van der Waals surface area contributed by atoms with Gasteiger partial charge >= 0.3 is 11.9 Å². The number of hydrogen-bond acceptors (Lipinski definition) is 4. The quantitative estimate of drug-likeness (QED) is 0.567. The fourth-order valence-corrected chi connectivity index (χ4v) is 3.93. The number of esters is 2. The molecule has 0 radical (unpaired) electrons. The normalized spacial score (nSPS) is 43.6. The Balaban J connectivity index is 1.91. The molecule has 5 unspecified atom stereocenters. The Bertz CT molecular complexity index is 455. The first-order valence-corrected chi connectivity index (χ1v) is 6.99. The second-order valence-corrected chi connectivity index (χ2v) is 6.48. The van der Waals surface area contributed by atoms with Crippen LogP contribution in [0, 0.1) is 17.8 Å². The predicted molar refractivity (Wildman–Crippen MR) is 68.1 cm³/mol. The van der Waals surface area contributed by atoms with E-state index in [0.717, 1.165) is 25.7 Å². The van der Waals surface area contributed by atoms with Gasteiger partial charge in [-0.25, -0.2) is 4.79 Å². The SMILES string of the molecule is C=C(C)C(=O)OC1(C)C2CC3CC(C2)C(=O)OC1C3. The van der Waals surface area contributed by atoms with Gasteiger partial charge in [-0.05, 0) is 45.4 Å². The minimum absolute atomic E-state index is 0.000829. The summed E-state index contributed by atoms with van der Waals surface area (Å²) in [6.07, 6.45) is 3.28. The molecule has 5 atom stereocenters. The van der Waals surface area contributed by atoms with Gasteiger partial charge in [0.2, 0.25) is 0 Å². The highest BCUT2D eigenvalue weighted by atomic mass is 16.6. The molecule has 4 fully saturated rings. The molecule has 4 bridgehead atoms. The number of hydrogen-bond donors (Lipinski definition) is 0.